The molecule has 0 unspecified atom stereocenters. The molecule has 2 heterocycles. The highest BCUT2D eigenvalue weighted by molar-refractivity contribution is 7.94. The van der Waals surface area contributed by atoms with Gasteiger partial charge in [0.05, 0.1) is 22.1 Å². The number of aromatic nitrogens is 2. The van der Waals surface area contributed by atoms with Crippen molar-refractivity contribution >= 4 is 43.1 Å². The van der Waals surface area contributed by atoms with Crippen LogP contribution in [0.1, 0.15) is 90.2 Å². The Bertz CT molecular complexity index is 1680. The first-order chi connectivity index (χ1) is 22.4. The van der Waals surface area contributed by atoms with Crippen molar-refractivity contribution < 1.29 is 52.8 Å². The Morgan fingerprint density at radius 1 is 0.673 bits per heavy atom. The van der Waals surface area contributed by atoms with Crippen LogP contribution >= 0.6 is 0 Å². The molecular formula is C31H40F6N4O6S2. The minimum atomic E-state index is -4.53. The number of pyridine rings is 2. The first-order valence-electron chi connectivity index (χ1n) is 15.5. The molecule has 18 heteroatoms. The summed E-state index contributed by atoms with van der Waals surface area (Å²) in [5.41, 5.74) is -1.89. The number of sulfone groups is 2. The number of alkyl halides is 6. The van der Waals surface area contributed by atoms with E-state index in [4.69, 9.17) is 0 Å². The standard InChI is InChI=1S/C17H23F3N2O3S.C14H17F3N2O3S/c1-16(2,26(24,25)13-7-5-3-4-6-8-13)15(23)22-14-10-9-12(11-21-14)17(18,19)20;1-13(2,23(21,22)8-9-3-4-9)12(20)19-11-6-5-10(7-18-11)14(15,16)17/h9-11,13H,3-8H2,1-2H3,(H,21,22,23);5-7,9H,3-4,8H2,1-2H3,(H,18,19,20). The molecule has 2 N–H and O–H groups in total. The monoisotopic (exact) mass is 742 g/mol. The van der Waals surface area contributed by atoms with E-state index in [9.17, 15) is 52.8 Å². The molecule has 4 rings (SSSR count). The molecule has 0 aromatic carbocycles. The Balaban J connectivity index is 0.000000267. The van der Waals surface area contributed by atoms with Gasteiger partial charge in [-0.05, 0) is 83.6 Å². The maximum Gasteiger partial charge on any atom is 0.417 e. The van der Waals surface area contributed by atoms with Gasteiger partial charge in [0.25, 0.3) is 0 Å². The molecule has 2 aliphatic rings. The molecule has 0 spiro atoms. The molecule has 2 saturated carbocycles. The predicted octanol–water partition coefficient (Wildman–Crippen LogP) is 6.60. The predicted molar refractivity (Wildman–Crippen MR) is 171 cm³/mol. The summed E-state index contributed by atoms with van der Waals surface area (Å²) in [5, 5.41) is 4.01. The molecule has 274 valence electrons. The molecular weight excluding hydrogens is 702 g/mol. The van der Waals surface area contributed by atoms with Crippen molar-refractivity contribution in [1.82, 2.24) is 9.97 Å². The van der Waals surface area contributed by atoms with Gasteiger partial charge in [0.15, 0.2) is 19.7 Å². The van der Waals surface area contributed by atoms with E-state index in [2.05, 4.69) is 20.6 Å². The highest BCUT2D eigenvalue weighted by atomic mass is 32.2. The molecule has 0 atom stereocenters. The minimum Gasteiger partial charge on any atom is -0.309 e. The Kier molecular flexibility index (Phi) is 12.2. The van der Waals surface area contributed by atoms with Crippen molar-refractivity contribution in [3.8, 4) is 0 Å². The molecule has 0 aliphatic heterocycles. The van der Waals surface area contributed by atoms with Crippen LogP contribution in [0.5, 0.6) is 0 Å². The van der Waals surface area contributed by atoms with Gasteiger partial charge in [-0.2, -0.15) is 26.3 Å². The van der Waals surface area contributed by atoms with Gasteiger partial charge < -0.3 is 10.6 Å². The lowest BCUT2D eigenvalue weighted by molar-refractivity contribution is -0.138. The largest absolute Gasteiger partial charge is 0.417 e. The first kappa shape index (κ1) is 40.2. The van der Waals surface area contributed by atoms with Crippen LogP contribution in [0.3, 0.4) is 0 Å². The van der Waals surface area contributed by atoms with Crippen LogP contribution in [0, 0.1) is 5.92 Å². The lowest BCUT2D eigenvalue weighted by Crippen LogP contribution is -2.48. The number of halogens is 6. The van der Waals surface area contributed by atoms with E-state index in [-0.39, 0.29) is 23.3 Å². The van der Waals surface area contributed by atoms with Crippen molar-refractivity contribution in [3.63, 3.8) is 0 Å². The van der Waals surface area contributed by atoms with Crippen LogP contribution in [0.4, 0.5) is 38.0 Å². The molecule has 2 fully saturated rings. The third-order valence-electron chi connectivity index (χ3n) is 8.64. The Labute approximate surface area is 281 Å². The number of carbonyl (C=O) groups is 2. The number of carbonyl (C=O) groups excluding carboxylic acids is 2. The molecule has 0 bridgehead atoms. The van der Waals surface area contributed by atoms with E-state index in [1.54, 1.807) is 0 Å². The van der Waals surface area contributed by atoms with Gasteiger partial charge in [0, 0.05) is 12.4 Å². The van der Waals surface area contributed by atoms with Crippen LogP contribution in [-0.4, -0.2) is 59.1 Å². The maximum atomic E-state index is 12.9. The zero-order valence-corrected chi connectivity index (χ0v) is 29.0. The number of rotatable bonds is 9. The molecule has 0 radical (unpaired) electrons. The average Bonchev–Trinajstić information content (AvgIpc) is 3.84. The average molecular weight is 743 g/mol. The van der Waals surface area contributed by atoms with E-state index in [0.717, 1.165) is 62.8 Å². The van der Waals surface area contributed by atoms with Gasteiger partial charge in [-0.1, -0.05) is 25.7 Å². The Hall–Kier alpha value is -3.28. The lowest BCUT2D eigenvalue weighted by Gasteiger charge is -2.28. The van der Waals surface area contributed by atoms with E-state index in [1.165, 1.54) is 27.7 Å². The smallest absolute Gasteiger partial charge is 0.309 e. The summed E-state index contributed by atoms with van der Waals surface area (Å²) < 4.78 is 122. The van der Waals surface area contributed by atoms with Crippen LogP contribution in [0.15, 0.2) is 36.7 Å². The second kappa shape index (κ2) is 14.9. The van der Waals surface area contributed by atoms with Crippen molar-refractivity contribution in [2.75, 3.05) is 16.4 Å². The summed E-state index contributed by atoms with van der Waals surface area (Å²) in [6.07, 6.45) is -1.58. The fourth-order valence-electron chi connectivity index (χ4n) is 4.85. The van der Waals surface area contributed by atoms with Gasteiger partial charge in [-0.3, -0.25) is 9.59 Å². The van der Waals surface area contributed by atoms with Gasteiger partial charge in [-0.15, -0.1) is 0 Å². The second-order valence-corrected chi connectivity index (χ2v) is 18.5. The van der Waals surface area contributed by atoms with Gasteiger partial charge in [0.2, 0.25) is 11.8 Å². The molecule has 49 heavy (non-hydrogen) atoms. The molecule has 0 saturated heterocycles. The summed E-state index contributed by atoms with van der Waals surface area (Å²) in [6.45, 7) is 5.22. The molecule has 2 aromatic rings. The maximum absolute atomic E-state index is 12.9. The van der Waals surface area contributed by atoms with Crippen LogP contribution in [-0.2, 0) is 41.6 Å². The van der Waals surface area contributed by atoms with E-state index in [0.29, 0.717) is 25.2 Å². The summed E-state index contributed by atoms with van der Waals surface area (Å²) in [4.78, 5) is 31.8. The third kappa shape index (κ3) is 10.1. The highest BCUT2D eigenvalue weighted by Crippen LogP contribution is 2.35. The van der Waals surface area contributed by atoms with Gasteiger partial charge in [0.1, 0.15) is 21.1 Å². The van der Waals surface area contributed by atoms with Crippen molar-refractivity contribution in [2.45, 2.75) is 106 Å². The SMILES string of the molecule is CC(C)(C(=O)Nc1ccc(C(F)(F)F)cn1)S(=O)(=O)C1CCCCCC1.CC(C)(C(=O)Nc1ccc(C(F)(F)F)cn1)S(=O)(=O)CC1CC1. The van der Waals surface area contributed by atoms with Crippen LogP contribution < -0.4 is 10.6 Å². The van der Waals surface area contributed by atoms with E-state index >= 15 is 0 Å². The number of amides is 2. The summed E-state index contributed by atoms with van der Waals surface area (Å²) in [6, 6.07) is 3.56. The van der Waals surface area contributed by atoms with Crippen molar-refractivity contribution in [3.05, 3.63) is 47.8 Å². The van der Waals surface area contributed by atoms with Crippen molar-refractivity contribution in [1.29, 1.82) is 0 Å². The van der Waals surface area contributed by atoms with E-state index in [1.807, 2.05) is 0 Å². The molecule has 2 aliphatic carbocycles. The van der Waals surface area contributed by atoms with E-state index < -0.39 is 69.7 Å². The lowest BCUT2D eigenvalue weighted by atomic mass is 10.2. The quantitative estimate of drug-likeness (QED) is 0.216. The van der Waals surface area contributed by atoms with Gasteiger partial charge >= 0.3 is 12.4 Å². The normalized spacial score (nSPS) is 16.9. The number of hydrogen-bond acceptors (Lipinski definition) is 8. The Morgan fingerprint density at radius 2 is 1.08 bits per heavy atom. The minimum absolute atomic E-state index is 0.0616. The summed E-state index contributed by atoms with van der Waals surface area (Å²) >= 11 is 0. The molecule has 10 nitrogen and oxygen atoms in total. The number of nitrogens with zero attached hydrogens (tertiary/aromatic N) is 2. The first-order valence-corrected chi connectivity index (χ1v) is 18.7. The zero-order chi connectivity index (χ0) is 37.1. The van der Waals surface area contributed by atoms with Crippen LogP contribution in [0.25, 0.3) is 0 Å². The van der Waals surface area contributed by atoms with Crippen LogP contribution in [0.2, 0.25) is 0 Å². The number of hydrogen-bond donors (Lipinski definition) is 2. The molecule has 2 amide bonds. The van der Waals surface area contributed by atoms with Gasteiger partial charge in [-0.25, -0.2) is 26.8 Å². The second-order valence-electron chi connectivity index (χ2n) is 13.2. The fourth-order valence-corrected chi connectivity index (χ4v) is 8.65. The number of nitrogens with one attached hydrogen (secondary N) is 2. The summed E-state index contributed by atoms with van der Waals surface area (Å²) in [5.74, 6) is -1.83. The molecule has 2 aromatic heterocycles. The Morgan fingerprint density at radius 3 is 1.43 bits per heavy atom. The highest BCUT2D eigenvalue weighted by Gasteiger charge is 2.47. The topological polar surface area (TPSA) is 152 Å². The van der Waals surface area contributed by atoms with Crippen molar-refractivity contribution in [2.24, 2.45) is 5.92 Å². The fraction of sp³-hybridized carbons (Fsp3) is 0.613. The third-order valence-corrected chi connectivity index (χ3v) is 14.2. The number of anilines is 2. The zero-order valence-electron chi connectivity index (χ0n) is 27.4. The summed E-state index contributed by atoms with van der Waals surface area (Å²) in [7, 11) is -7.42.